The molecule has 0 amide bonds. The molecule has 0 aliphatic carbocycles. The van der Waals surface area contributed by atoms with Gasteiger partial charge in [0.15, 0.2) is 0 Å². The predicted molar refractivity (Wildman–Crippen MR) is 112 cm³/mol. The van der Waals surface area contributed by atoms with Gasteiger partial charge in [-0.05, 0) is 48.1 Å². The van der Waals surface area contributed by atoms with Crippen LogP contribution >= 0.6 is 0 Å². The van der Waals surface area contributed by atoms with E-state index in [2.05, 4.69) is 12.7 Å². The fourth-order valence-corrected chi connectivity index (χ4v) is 2.85. The summed E-state index contributed by atoms with van der Waals surface area (Å²) < 4.78 is 10.6. The summed E-state index contributed by atoms with van der Waals surface area (Å²) >= 11 is 0. The lowest BCUT2D eigenvalue weighted by Crippen LogP contribution is -2.20. The molecule has 0 bridgehead atoms. The van der Waals surface area contributed by atoms with Crippen LogP contribution in [-0.2, 0) is 9.47 Å². The Morgan fingerprint density at radius 2 is 1.89 bits per heavy atom. The molecule has 0 saturated carbocycles. The summed E-state index contributed by atoms with van der Waals surface area (Å²) in [4.78, 5) is 12.9. The van der Waals surface area contributed by atoms with E-state index in [4.69, 9.17) is 9.47 Å². The van der Waals surface area contributed by atoms with E-state index >= 15 is 0 Å². The third-order valence-corrected chi connectivity index (χ3v) is 4.46. The molecule has 4 heteroatoms. The summed E-state index contributed by atoms with van der Waals surface area (Å²) in [6, 6.07) is 15.7. The number of aliphatic hydroxyl groups is 1. The first kappa shape index (κ1) is 21.6. The first-order chi connectivity index (χ1) is 13.5. The smallest absolute Gasteiger partial charge is 0.339 e. The molecule has 2 rings (SSSR count). The number of esters is 1. The molecule has 4 nitrogen and oxygen atoms in total. The van der Waals surface area contributed by atoms with Crippen LogP contribution in [0.15, 0.2) is 66.8 Å². The van der Waals surface area contributed by atoms with Crippen molar-refractivity contribution in [3.05, 3.63) is 89.0 Å². The fourth-order valence-electron chi connectivity index (χ4n) is 2.85. The molecule has 0 radical (unpaired) electrons. The molecule has 2 aromatic rings. The van der Waals surface area contributed by atoms with Crippen LogP contribution in [0.2, 0.25) is 0 Å². The molecule has 0 aromatic heterocycles. The first-order valence-corrected chi connectivity index (χ1v) is 9.30. The van der Waals surface area contributed by atoms with Crippen molar-refractivity contribution >= 4 is 11.5 Å². The average molecular weight is 380 g/mol. The normalized spacial score (nSPS) is 12.5. The first-order valence-electron chi connectivity index (χ1n) is 9.30. The molecule has 1 N–H and O–H groups in total. The summed E-state index contributed by atoms with van der Waals surface area (Å²) in [5.41, 5.74) is 4.65. The fraction of sp³-hybridized carbons (Fsp3) is 0.292. The van der Waals surface area contributed by atoms with E-state index in [9.17, 15) is 9.90 Å². The molecule has 1 unspecified atom stereocenters. The highest BCUT2D eigenvalue weighted by atomic mass is 16.5. The third kappa shape index (κ3) is 5.65. The van der Waals surface area contributed by atoms with E-state index in [1.807, 2.05) is 55.5 Å². The van der Waals surface area contributed by atoms with Crippen LogP contribution < -0.4 is 0 Å². The number of hydrogen-bond donors (Lipinski definition) is 1. The number of aliphatic hydroxyl groups excluding tert-OH is 1. The standard InChI is InChI=1S/C24H28O4/c1-17(2)22(25)16-28-24(26)23-18(3)10-8-13-21(23)20(14-9-15-27-4)19-11-6-5-7-12-19/h5-8,10-14,22,25H,1,9,15-16H2,2-4H3/b20-14+. The monoisotopic (exact) mass is 380 g/mol. The topological polar surface area (TPSA) is 55.8 Å². The Morgan fingerprint density at radius 1 is 1.18 bits per heavy atom. The molecule has 0 heterocycles. The van der Waals surface area contributed by atoms with Crippen molar-refractivity contribution in [2.45, 2.75) is 26.4 Å². The van der Waals surface area contributed by atoms with E-state index in [1.54, 1.807) is 14.0 Å². The van der Waals surface area contributed by atoms with Crippen LogP contribution in [0.4, 0.5) is 0 Å². The highest BCUT2D eigenvalue weighted by molar-refractivity contribution is 5.99. The van der Waals surface area contributed by atoms with Gasteiger partial charge in [0.25, 0.3) is 0 Å². The third-order valence-electron chi connectivity index (χ3n) is 4.46. The van der Waals surface area contributed by atoms with E-state index in [0.717, 1.165) is 28.7 Å². The molecule has 0 aliphatic heterocycles. The van der Waals surface area contributed by atoms with Gasteiger partial charge in [-0.1, -0.05) is 61.2 Å². The molecule has 148 valence electrons. The van der Waals surface area contributed by atoms with Crippen molar-refractivity contribution < 1.29 is 19.4 Å². The van der Waals surface area contributed by atoms with Crippen LogP contribution in [0, 0.1) is 6.92 Å². The molecular weight excluding hydrogens is 352 g/mol. The maximum atomic E-state index is 12.9. The van der Waals surface area contributed by atoms with Gasteiger partial charge >= 0.3 is 5.97 Å². The summed E-state index contributed by atoms with van der Waals surface area (Å²) in [5, 5.41) is 9.89. The maximum absolute atomic E-state index is 12.9. The second-order valence-corrected chi connectivity index (χ2v) is 6.72. The second-order valence-electron chi connectivity index (χ2n) is 6.72. The number of ether oxygens (including phenoxy) is 2. The average Bonchev–Trinajstić information content (AvgIpc) is 2.69. The van der Waals surface area contributed by atoms with Crippen molar-refractivity contribution in [2.24, 2.45) is 0 Å². The van der Waals surface area contributed by atoms with Crippen LogP contribution in [0.1, 0.15) is 40.4 Å². The van der Waals surface area contributed by atoms with Gasteiger partial charge in [-0.25, -0.2) is 4.79 Å². The molecule has 0 fully saturated rings. The molecule has 0 saturated heterocycles. The van der Waals surface area contributed by atoms with Crippen molar-refractivity contribution in [2.75, 3.05) is 20.3 Å². The molecule has 2 aromatic carbocycles. The largest absolute Gasteiger partial charge is 0.459 e. The Balaban J connectivity index is 2.44. The van der Waals surface area contributed by atoms with Crippen molar-refractivity contribution in [1.29, 1.82) is 0 Å². The van der Waals surface area contributed by atoms with E-state index in [-0.39, 0.29) is 6.61 Å². The van der Waals surface area contributed by atoms with Gasteiger partial charge in [0, 0.05) is 13.7 Å². The number of benzene rings is 2. The lowest BCUT2D eigenvalue weighted by Gasteiger charge is -2.17. The zero-order valence-corrected chi connectivity index (χ0v) is 16.8. The van der Waals surface area contributed by atoms with E-state index in [0.29, 0.717) is 17.7 Å². The summed E-state index contributed by atoms with van der Waals surface area (Å²) in [5.74, 6) is -0.457. The van der Waals surface area contributed by atoms with Gasteiger partial charge in [0.05, 0.1) is 5.56 Å². The van der Waals surface area contributed by atoms with Gasteiger partial charge in [-0.2, -0.15) is 0 Å². The van der Waals surface area contributed by atoms with Crippen LogP contribution in [-0.4, -0.2) is 37.5 Å². The van der Waals surface area contributed by atoms with Gasteiger partial charge in [-0.3, -0.25) is 0 Å². The summed E-state index contributed by atoms with van der Waals surface area (Å²) in [6.45, 7) is 7.74. The number of aryl methyl sites for hydroxylation is 1. The summed E-state index contributed by atoms with van der Waals surface area (Å²) in [7, 11) is 1.67. The number of carbonyl (C=O) groups is 1. The Morgan fingerprint density at radius 3 is 2.54 bits per heavy atom. The van der Waals surface area contributed by atoms with Crippen molar-refractivity contribution in [3.8, 4) is 0 Å². The van der Waals surface area contributed by atoms with Gasteiger partial charge < -0.3 is 14.6 Å². The minimum absolute atomic E-state index is 0.115. The molecular formula is C24H28O4. The highest BCUT2D eigenvalue weighted by Crippen LogP contribution is 2.29. The second kappa shape index (κ2) is 10.6. The SMILES string of the molecule is C=C(C)C(O)COC(=O)c1c(C)cccc1/C(=C/CCOC)c1ccccc1. The van der Waals surface area contributed by atoms with E-state index in [1.165, 1.54) is 0 Å². The van der Waals surface area contributed by atoms with Gasteiger partial charge in [-0.15, -0.1) is 0 Å². The number of methoxy groups -OCH3 is 1. The van der Waals surface area contributed by atoms with Crippen molar-refractivity contribution in [3.63, 3.8) is 0 Å². The Bertz CT molecular complexity index is 837. The van der Waals surface area contributed by atoms with Gasteiger partial charge in [0.2, 0.25) is 0 Å². The van der Waals surface area contributed by atoms with Crippen LogP contribution in [0.25, 0.3) is 5.57 Å². The number of rotatable bonds is 9. The van der Waals surface area contributed by atoms with Gasteiger partial charge in [0.1, 0.15) is 12.7 Å². The lowest BCUT2D eigenvalue weighted by atomic mass is 9.91. The summed E-state index contributed by atoms with van der Waals surface area (Å²) in [6.07, 6.45) is 1.92. The maximum Gasteiger partial charge on any atom is 0.339 e. The Kier molecular flexibility index (Phi) is 8.18. The number of hydrogen-bond acceptors (Lipinski definition) is 4. The lowest BCUT2D eigenvalue weighted by molar-refractivity contribution is 0.0327. The Labute approximate surface area is 167 Å². The zero-order chi connectivity index (χ0) is 20.5. The molecule has 28 heavy (non-hydrogen) atoms. The minimum atomic E-state index is -0.873. The number of carbonyl (C=O) groups excluding carboxylic acids is 1. The minimum Gasteiger partial charge on any atom is -0.459 e. The van der Waals surface area contributed by atoms with Crippen LogP contribution in [0.5, 0.6) is 0 Å². The van der Waals surface area contributed by atoms with E-state index < -0.39 is 12.1 Å². The Hall–Kier alpha value is -2.69. The highest BCUT2D eigenvalue weighted by Gasteiger charge is 2.20. The van der Waals surface area contributed by atoms with Crippen LogP contribution in [0.3, 0.4) is 0 Å². The molecule has 0 aliphatic rings. The molecule has 1 atom stereocenters. The van der Waals surface area contributed by atoms with Crippen molar-refractivity contribution in [1.82, 2.24) is 0 Å². The predicted octanol–water partition coefficient (Wildman–Crippen LogP) is 4.56. The quantitative estimate of drug-likeness (QED) is 0.394. The zero-order valence-electron chi connectivity index (χ0n) is 16.8. The molecule has 0 spiro atoms.